The number of hydrogen-bond acceptors (Lipinski definition) is 8. The third-order valence-corrected chi connectivity index (χ3v) is 6.07. The fourth-order valence-electron chi connectivity index (χ4n) is 2.67. The number of rotatable bonds is 5. The monoisotopic (exact) mass is 388 g/mol. The predicted molar refractivity (Wildman–Crippen MR) is 98.0 cm³/mol. The quantitative estimate of drug-likeness (QED) is 0.717. The molecule has 1 atom stereocenters. The number of nitrogens with one attached hydrogen (secondary N) is 1. The SMILES string of the molecule is Cc1nc(COc2ccccc2)sc1C(=O)N1CSCC1c1nn[nH]n1. The second-order valence-electron chi connectivity index (χ2n) is 5.68. The van der Waals surface area contributed by atoms with Crippen molar-refractivity contribution in [2.75, 3.05) is 11.6 Å². The summed E-state index contributed by atoms with van der Waals surface area (Å²) in [5, 5.41) is 14.9. The molecular weight excluding hydrogens is 372 g/mol. The maximum atomic E-state index is 13.0. The number of hydrogen-bond donors (Lipinski definition) is 1. The van der Waals surface area contributed by atoms with Crippen molar-refractivity contribution >= 4 is 29.0 Å². The molecule has 8 nitrogen and oxygen atoms in total. The summed E-state index contributed by atoms with van der Waals surface area (Å²) in [6, 6.07) is 9.39. The first-order valence-corrected chi connectivity index (χ1v) is 9.95. The number of thioether (sulfide) groups is 1. The Morgan fingerprint density at radius 3 is 3.00 bits per heavy atom. The second kappa shape index (κ2) is 7.42. The Morgan fingerprint density at radius 2 is 2.23 bits per heavy atom. The van der Waals surface area contributed by atoms with Crippen molar-refractivity contribution in [3.63, 3.8) is 0 Å². The molecule has 3 aromatic rings. The number of thiazole rings is 1. The standard InChI is InChI=1S/C16H16N6O2S2/c1-10-14(26-13(17-10)7-24-11-5-3-2-4-6-11)16(23)22-9-25-8-12(22)15-18-20-21-19-15/h2-6,12H,7-9H2,1H3,(H,18,19,20,21). The maximum absolute atomic E-state index is 13.0. The number of amides is 1. The van der Waals surface area contributed by atoms with E-state index in [0.717, 1.165) is 22.2 Å². The second-order valence-corrected chi connectivity index (χ2v) is 7.77. The number of aryl methyl sites for hydroxylation is 1. The Balaban J connectivity index is 1.49. The lowest BCUT2D eigenvalue weighted by atomic mass is 10.2. The first-order valence-electron chi connectivity index (χ1n) is 7.98. The van der Waals surface area contributed by atoms with Gasteiger partial charge in [0.15, 0.2) is 5.82 Å². The fraction of sp³-hybridized carbons (Fsp3) is 0.312. The van der Waals surface area contributed by atoms with Crippen molar-refractivity contribution < 1.29 is 9.53 Å². The minimum atomic E-state index is -0.170. The Hall–Kier alpha value is -2.46. The van der Waals surface area contributed by atoms with Crippen LogP contribution >= 0.6 is 23.1 Å². The molecule has 134 valence electrons. The number of tetrazole rings is 1. The first kappa shape index (κ1) is 17.0. The van der Waals surface area contributed by atoms with Crippen LogP contribution in [0.1, 0.15) is 32.2 Å². The van der Waals surface area contributed by atoms with E-state index in [-0.39, 0.29) is 11.9 Å². The van der Waals surface area contributed by atoms with E-state index in [1.54, 1.807) is 16.7 Å². The van der Waals surface area contributed by atoms with Gasteiger partial charge in [0.25, 0.3) is 5.91 Å². The third kappa shape index (κ3) is 3.42. The molecule has 1 unspecified atom stereocenters. The zero-order valence-corrected chi connectivity index (χ0v) is 15.6. The average molecular weight is 388 g/mol. The molecule has 4 rings (SSSR count). The summed E-state index contributed by atoms with van der Waals surface area (Å²) in [5.41, 5.74) is 0.718. The van der Waals surface area contributed by atoms with Crippen LogP contribution in [0.15, 0.2) is 30.3 Å². The van der Waals surface area contributed by atoms with E-state index >= 15 is 0 Å². The topological polar surface area (TPSA) is 96.9 Å². The van der Waals surface area contributed by atoms with Crippen LogP contribution in [-0.2, 0) is 6.61 Å². The van der Waals surface area contributed by atoms with Crippen molar-refractivity contribution in [1.82, 2.24) is 30.5 Å². The van der Waals surface area contributed by atoms with E-state index in [0.29, 0.717) is 23.2 Å². The lowest BCUT2D eigenvalue weighted by Crippen LogP contribution is -2.31. The minimum Gasteiger partial charge on any atom is -0.486 e. The van der Waals surface area contributed by atoms with Gasteiger partial charge >= 0.3 is 0 Å². The van der Waals surface area contributed by atoms with Gasteiger partial charge in [0.2, 0.25) is 0 Å². The summed E-state index contributed by atoms with van der Waals surface area (Å²) in [7, 11) is 0. The van der Waals surface area contributed by atoms with Gasteiger partial charge in [-0.2, -0.15) is 5.21 Å². The molecule has 3 heterocycles. The molecule has 1 N–H and O–H groups in total. The van der Waals surface area contributed by atoms with E-state index in [2.05, 4.69) is 25.6 Å². The highest BCUT2D eigenvalue weighted by atomic mass is 32.2. The highest BCUT2D eigenvalue weighted by molar-refractivity contribution is 7.99. The number of nitrogens with zero attached hydrogens (tertiary/aromatic N) is 5. The predicted octanol–water partition coefficient (Wildman–Crippen LogP) is 2.43. The number of benzene rings is 1. The molecule has 0 spiro atoms. The van der Waals surface area contributed by atoms with Crippen LogP contribution in [-0.4, -0.2) is 48.0 Å². The molecule has 1 fully saturated rings. The van der Waals surface area contributed by atoms with Crippen LogP contribution in [0.25, 0.3) is 0 Å². The first-order chi connectivity index (χ1) is 12.7. The molecular formula is C16H16N6O2S2. The molecule has 2 aromatic heterocycles. The molecule has 1 aliphatic heterocycles. The summed E-state index contributed by atoms with van der Waals surface area (Å²) >= 11 is 3.05. The lowest BCUT2D eigenvalue weighted by molar-refractivity contribution is 0.0745. The Bertz CT molecular complexity index is 884. The summed E-state index contributed by atoms with van der Waals surface area (Å²) in [6.45, 7) is 2.19. The Labute approximate surface area is 158 Å². The minimum absolute atomic E-state index is 0.0502. The van der Waals surface area contributed by atoms with Gasteiger partial charge < -0.3 is 9.64 Å². The van der Waals surface area contributed by atoms with Crippen molar-refractivity contribution in [3.05, 3.63) is 51.7 Å². The number of aromatic amines is 1. The van der Waals surface area contributed by atoms with E-state index in [1.807, 2.05) is 37.3 Å². The van der Waals surface area contributed by atoms with Gasteiger partial charge in [-0.15, -0.1) is 33.3 Å². The van der Waals surface area contributed by atoms with Crippen LogP contribution in [0.4, 0.5) is 0 Å². The molecule has 0 radical (unpaired) electrons. The van der Waals surface area contributed by atoms with E-state index in [1.165, 1.54) is 11.3 Å². The summed E-state index contributed by atoms with van der Waals surface area (Å²) in [5.74, 6) is 2.63. The van der Waals surface area contributed by atoms with Gasteiger partial charge in [0.1, 0.15) is 28.3 Å². The van der Waals surface area contributed by atoms with Crippen LogP contribution in [0.5, 0.6) is 5.75 Å². The average Bonchev–Trinajstić information content (AvgIpc) is 3.40. The molecule has 10 heteroatoms. The molecule has 26 heavy (non-hydrogen) atoms. The molecule has 0 aliphatic carbocycles. The maximum Gasteiger partial charge on any atom is 0.267 e. The van der Waals surface area contributed by atoms with E-state index in [9.17, 15) is 4.79 Å². The summed E-state index contributed by atoms with van der Waals surface area (Å²) in [4.78, 5) is 19.9. The molecule has 0 saturated carbocycles. The largest absolute Gasteiger partial charge is 0.486 e. The third-order valence-electron chi connectivity index (χ3n) is 3.94. The summed E-state index contributed by atoms with van der Waals surface area (Å²) in [6.07, 6.45) is 0. The van der Waals surface area contributed by atoms with Gasteiger partial charge in [-0.25, -0.2) is 4.98 Å². The van der Waals surface area contributed by atoms with Gasteiger partial charge in [-0.3, -0.25) is 4.79 Å². The van der Waals surface area contributed by atoms with E-state index in [4.69, 9.17) is 4.74 Å². The number of carbonyl (C=O) groups excluding carboxylic acids is 1. The summed E-state index contributed by atoms with van der Waals surface area (Å²) < 4.78 is 5.73. The van der Waals surface area contributed by atoms with Crippen LogP contribution in [0.2, 0.25) is 0 Å². The Morgan fingerprint density at radius 1 is 1.38 bits per heavy atom. The number of ether oxygens (including phenoxy) is 1. The molecule has 1 aliphatic rings. The van der Waals surface area contributed by atoms with Gasteiger partial charge in [0.05, 0.1) is 11.6 Å². The lowest BCUT2D eigenvalue weighted by Gasteiger charge is -2.20. The number of aromatic nitrogens is 5. The molecule has 0 bridgehead atoms. The highest BCUT2D eigenvalue weighted by Gasteiger charge is 2.35. The zero-order chi connectivity index (χ0) is 17.9. The Kier molecular flexibility index (Phi) is 4.85. The number of para-hydroxylation sites is 1. The molecule has 1 aromatic carbocycles. The van der Waals surface area contributed by atoms with E-state index < -0.39 is 0 Å². The van der Waals surface area contributed by atoms with Gasteiger partial charge in [-0.05, 0) is 19.1 Å². The fourth-order valence-corrected chi connectivity index (χ4v) is 4.76. The van der Waals surface area contributed by atoms with Gasteiger partial charge in [0, 0.05) is 5.75 Å². The van der Waals surface area contributed by atoms with Crippen molar-refractivity contribution in [2.45, 2.75) is 19.6 Å². The molecule has 1 amide bonds. The molecule has 1 saturated heterocycles. The number of carbonyl (C=O) groups is 1. The van der Waals surface area contributed by atoms with Crippen molar-refractivity contribution in [2.24, 2.45) is 0 Å². The smallest absolute Gasteiger partial charge is 0.267 e. The number of H-pyrrole nitrogens is 1. The van der Waals surface area contributed by atoms with Crippen LogP contribution in [0, 0.1) is 6.92 Å². The van der Waals surface area contributed by atoms with Crippen LogP contribution in [0.3, 0.4) is 0 Å². The van der Waals surface area contributed by atoms with Crippen molar-refractivity contribution in [1.29, 1.82) is 0 Å². The zero-order valence-electron chi connectivity index (χ0n) is 14.0. The highest BCUT2D eigenvalue weighted by Crippen LogP contribution is 2.34. The normalized spacial score (nSPS) is 16.8. The van der Waals surface area contributed by atoms with Gasteiger partial charge in [-0.1, -0.05) is 23.4 Å². The van der Waals surface area contributed by atoms with Crippen LogP contribution < -0.4 is 4.74 Å². The van der Waals surface area contributed by atoms with Crippen molar-refractivity contribution in [3.8, 4) is 5.75 Å².